The summed E-state index contributed by atoms with van der Waals surface area (Å²) in [5.74, 6) is 0.635. The second-order valence-corrected chi connectivity index (χ2v) is 4.58. The second kappa shape index (κ2) is 5.23. The van der Waals surface area contributed by atoms with Crippen LogP contribution in [0.5, 0.6) is 0 Å². The molecule has 19 heavy (non-hydrogen) atoms. The van der Waals surface area contributed by atoms with E-state index < -0.39 is 4.92 Å². The minimum absolute atomic E-state index is 0.0364. The van der Waals surface area contributed by atoms with Crippen molar-refractivity contribution in [3.63, 3.8) is 0 Å². The van der Waals surface area contributed by atoms with Crippen molar-refractivity contribution in [2.24, 2.45) is 0 Å². The van der Waals surface area contributed by atoms with E-state index in [9.17, 15) is 15.2 Å². The summed E-state index contributed by atoms with van der Waals surface area (Å²) in [6, 6.07) is 4.52. The minimum Gasteiger partial charge on any atom is -0.393 e. The normalized spacial score (nSPS) is 12.6. The maximum Gasteiger partial charge on any atom is 0.271 e. The smallest absolute Gasteiger partial charge is 0.271 e. The summed E-state index contributed by atoms with van der Waals surface area (Å²) in [7, 11) is 1.86. The molecule has 0 saturated carbocycles. The van der Waals surface area contributed by atoms with Crippen molar-refractivity contribution in [1.29, 1.82) is 0 Å². The third-order valence-electron chi connectivity index (χ3n) is 2.91. The topological polar surface area (TPSA) is 95.3 Å². The first kappa shape index (κ1) is 13.3. The average molecular weight is 264 g/mol. The van der Waals surface area contributed by atoms with Gasteiger partial charge in [-0.05, 0) is 19.4 Å². The number of aliphatic hydroxyl groups excluding tert-OH is 1. The maximum atomic E-state index is 10.7. The molecule has 0 amide bonds. The van der Waals surface area contributed by atoms with Gasteiger partial charge in [0.05, 0.1) is 22.1 Å². The molecule has 0 fully saturated rings. The van der Waals surface area contributed by atoms with E-state index in [1.54, 1.807) is 13.0 Å². The van der Waals surface area contributed by atoms with Gasteiger partial charge in [0, 0.05) is 25.7 Å². The molecule has 2 N–H and O–H groups in total. The predicted octanol–water partition coefficient (Wildman–Crippen LogP) is 1.68. The van der Waals surface area contributed by atoms with Crippen LogP contribution in [0.4, 0.5) is 11.6 Å². The van der Waals surface area contributed by atoms with Gasteiger partial charge in [-0.1, -0.05) is 0 Å². The van der Waals surface area contributed by atoms with Crippen molar-refractivity contribution < 1.29 is 10.0 Å². The number of fused-ring (bicyclic) bond motifs is 1. The Hall–Kier alpha value is -2.15. The molecule has 2 rings (SSSR count). The summed E-state index contributed by atoms with van der Waals surface area (Å²) in [6.45, 7) is 2.38. The molecule has 7 nitrogen and oxygen atoms in total. The maximum absolute atomic E-state index is 10.7. The number of imidazole rings is 1. The van der Waals surface area contributed by atoms with E-state index in [2.05, 4.69) is 9.97 Å². The molecule has 0 bridgehead atoms. The quantitative estimate of drug-likeness (QED) is 0.632. The number of hydrogen-bond donors (Lipinski definition) is 2. The standard InChI is InChI=1S/C12H16N4O3/c1-8(17)5-6-15(2)12-13-10-4-3-9(16(18)19)7-11(10)14-12/h3-4,7-8,17H,5-6H2,1-2H3,(H,13,14). The summed E-state index contributed by atoms with van der Waals surface area (Å²) in [5.41, 5.74) is 1.35. The van der Waals surface area contributed by atoms with Crippen LogP contribution in [0.2, 0.25) is 0 Å². The largest absolute Gasteiger partial charge is 0.393 e. The van der Waals surface area contributed by atoms with Gasteiger partial charge >= 0.3 is 0 Å². The third-order valence-corrected chi connectivity index (χ3v) is 2.91. The number of aromatic amines is 1. The number of H-pyrrole nitrogens is 1. The van der Waals surface area contributed by atoms with Crippen molar-refractivity contribution in [2.45, 2.75) is 19.4 Å². The van der Waals surface area contributed by atoms with E-state index in [0.717, 1.165) is 0 Å². The molecule has 1 atom stereocenters. The van der Waals surface area contributed by atoms with Gasteiger partial charge in [-0.3, -0.25) is 10.1 Å². The lowest BCUT2D eigenvalue weighted by atomic mass is 10.3. The summed E-state index contributed by atoms with van der Waals surface area (Å²) in [6.07, 6.45) is 0.265. The van der Waals surface area contributed by atoms with Gasteiger partial charge in [0.15, 0.2) is 0 Å². The highest BCUT2D eigenvalue weighted by molar-refractivity contribution is 5.80. The lowest BCUT2D eigenvalue weighted by molar-refractivity contribution is -0.384. The number of aliphatic hydroxyl groups is 1. The first-order valence-electron chi connectivity index (χ1n) is 6.00. The summed E-state index contributed by atoms with van der Waals surface area (Å²) in [4.78, 5) is 19.5. The Morgan fingerprint density at radius 1 is 1.58 bits per heavy atom. The van der Waals surface area contributed by atoms with Crippen LogP contribution in [0.15, 0.2) is 18.2 Å². The number of nitro benzene ring substituents is 1. The molecule has 0 radical (unpaired) electrons. The molecule has 1 unspecified atom stereocenters. The molecule has 0 saturated heterocycles. The van der Waals surface area contributed by atoms with Crippen LogP contribution in [0.25, 0.3) is 11.0 Å². The van der Waals surface area contributed by atoms with Crippen molar-refractivity contribution in [3.8, 4) is 0 Å². The number of benzene rings is 1. The Morgan fingerprint density at radius 3 is 2.95 bits per heavy atom. The van der Waals surface area contributed by atoms with Gasteiger partial charge in [0.1, 0.15) is 0 Å². The van der Waals surface area contributed by atoms with Gasteiger partial charge in [-0.25, -0.2) is 4.98 Å². The molecule has 0 spiro atoms. The van der Waals surface area contributed by atoms with Gasteiger partial charge in [-0.15, -0.1) is 0 Å². The first-order valence-corrected chi connectivity index (χ1v) is 6.00. The minimum atomic E-state index is -0.433. The molecule has 1 heterocycles. The number of nitrogens with zero attached hydrogens (tertiary/aromatic N) is 3. The summed E-state index contributed by atoms with van der Waals surface area (Å²) in [5, 5.41) is 19.9. The van der Waals surface area contributed by atoms with Gasteiger partial charge in [0.25, 0.3) is 5.69 Å². The summed E-state index contributed by atoms with van der Waals surface area (Å²) >= 11 is 0. The molecule has 7 heteroatoms. The van der Waals surface area contributed by atoms with Crippen LogP contribution in [0.1, 0.15) is 13.3 Å². The fourth-order valence-electron chi connectivity index (χ4n) is 1.76. The average Bonchev–Trinajstić information content (AvgIpc) is 2.78. The summed E-state index contributed by atoms with van der Waals surface area (Å²) < 4.78 is 0. The van der Waals surface area contributed by atoms with Crippen molar-refractivity contribution >= 4 is 22.7 Å². The van der Waals surface area contributed by atoms with E-state index in [0.29, 0.717) is 29.9 Å². The molecule has 0 aliphatic heterocycles. The van der Waals surface area contributed by atoms with Crippen molar-refractivity contribution in [1.82, 2.24) is 9.97 Å². The fraction of sp³-hybridized carbons (Fsp3) is 0.417. The van der Waals surface area contributed by atoms with E-state index in [1.807, 2.05) is 11.9 Å². The highest BCUT2D eigenvalue weighted by atomic mass is 16.6. The van der Waals surface area contributed by atoms with Gasteiger partial charge < -0.3 is 15.0 Å². The first-order chi connectivity index (χ1) is 8.97. The molecule has 1 aromatic carbocycles. The highest BCUT2D eigenvalue weighted by Gasteiger charge is 2.12. The van der Waals surface area contributed by atoms with Crippen LogP contribution >= 0.6 is 0 Å². The highest BCUT2D eigenvalue weighted by Crippen LogP contribution is 2.21. The van der Waals surface area contributed by atoms with Crippen molar-refractivity contribution in [3.05, 3.63) is 28.3 Å². The second-order valence-electron chi connectivity index (χ2n) is 4.58. The van der Waals surface area contributed by atoms with Crippen LogP contribution < -0.4 is 4.90 Å². The molecule has 0 aliphatic carbocycles. The lowest BCUT2D eigenvalue weighted by Gasteiger charge is -2.16. The number of rotatable bonds is 5. The Labute approximate surface area is 110 Å². The molecule has 0 aliphatic rings. The molecule has 102 valence electrons. The number of non-ortho nitro benzene ring substituents is 1. The Balaban J connectivity index is 2.23. The molecule has 1 aromatic heterocycles. The van der Waals surface area contributed by atoms with Crippen LogP contribution in [0, 0.1) is 10.1 Å². The molecular formula is C12H16N4O3. The van der Waals surface area contributed by atoms with Crippen molar-refractivity contribution in [2.75, 3.05) is 18.5 Å². The molecule has 2 aromatic rings. The van der Waals surface area contributed by atoms with Crippen LogP contribution in [0.3, 0.4) is 0 Å². The van der Waals surface area contributed by atoms with Gasteiger partial charge in [-0.2, -0.15) is 0 Å². The Bertz CT molecular complexity index is 594. The monoisotopic (exact) mass is 264 g/mol. The van der Waals surface area contributed by atoms with E-state index in [4.69, 9.17) is 0 Å². The van der Waals surface area contributed by atoms with E-state index in [-0.39, 0.29) is 11.8 Å². The lowest BCUT2D eigenvalue weighted by Crippen LogP contribution is -2.22. The predicted molar refractivity (Wildman–Crippen MR) is 72.3 cm³/mol. The number of anilines is 1. The zero-order chi connectivity index (χ0) is 14.0. The zero-order valence-electron chi connectivity index (χ0n) is 10.8. The van der Waals surface area contributed by atoms with Crippen LogP contribution in [-0.2, 0) is 0 Å². The van der Waals surface area contributed by atoms with E-state index >= 15 is 0 Å². The molecular weight excluding hydrogens is 248 g/mol. The van der Waals surface area contributed by atoms with Gasteiger partial charge in [0.2, 0.25) is 5.95 Å². The number of aromatic nitrogens is 2. The number of nitrogens with one attached hydrogen (secondary N) is 1. The Kier molecular flexibility index (Phi) is 3.66. The van der Waals surface area contributed by atoms with E-state index in [1.165, 1.54) is 12.1 Å². The fourth-order valence-corrected chi connectivity index (χ4v) is 1.76. The number of nitro groups is 1. The Morgan fingerprint density at radius 2 is 2.32 bits per heavy atom. The number of hydrogen-bond acceptors (Lipinski definition) is 5. The van der Waals surface area contributed by atoms with Crippen LogP contribution in [-0.4, -0.2) is 39.7 Å². The zero-order valence-corrected chi connectivity index (χ0v) is 10.8. The third kappa shape index (κ3) is 3.00. The SMILES string of the molecule is CC(O)CCN(C)c1nc2ccc([N+](=O)[O-])cc2[nH]1.